The molecule has 0 aliphatic carbocycles. The first-order valence-electron chi connectivity index (χ1n) is 15.5. The van der Waals surface area contributed by atoms with E-state index in [9.17, 15) is 13.2 Å². The summed E-state index contributed by atoms with van der Waals surface area (Å²) in [4.78, 5) is 13.5. The highest BCUT2D eigenvalue weighted by Gasteiger charge is 2.30. The molecule has 7 heteroatoms. The van der Waals surface area contributed by atoms with E-state index in [0.29, 0.717) is 22.6 Å². The third-order valence-corrected chi connectivity index (χ3v) is 9.31. The maximum Gasteiger partial charge on any atom is 0.416 e. The van der Waals surface area contributed by atoms with Gasteiger partial charge in [-0.3, -0.25) is 4.98 Å². The fourth-order valence-corrected chi connectivity index (χ4v) is 6.58. The minimum absolute atomic E-state index is 0.392. The molecule has 48 heavy (non-hydrogen) atoms. The van der Waals surface area contributed by atoms with Crippen LogP contribution in [-0.4, -0.2) is 9.97 Å². The summed E-state index contributed by atoms with van der Waals surface area (Å²) in [7, 11) is 0. The highest BCUT2D eigenvalue weighted by atomic mass is 32.1. The average molecular weight is 654 g/mol. The third kappa shape index (κ3) is 6.64. The molecule has 0 amide bonds. The summed E-state index contributed by atoms with van der Waals surface area (Å²) in [6.45, 7) is 4.17. The van der Waals surface area contributed by atoms with Gasteiger partial charge in [-0.1, -0.05) is 65.7 Å². The minimum atomic E-state index is -4.45. The van der Waals surface area contributed by atoms with Crippen molar-refractivity contribution in [1.29, 1.82) is 0 Å². The van der Waals surface area contributed by atoms with Crippen LogP contribution in [0.2, 0.25) is 0 Å². The molecule has 4 aromatic carbocycles. The maximum atomic E-state index is 13.6. The van der Waals surface area contributed by atoms with Crippen molar-refractivity contribution < 1.29 is 13.2 Å². The Labute approximate surface area is 281 Å². The number of nitrogens with zero attached hydrogens (tertiary/aromatic N) is 3. The third-order valence-electron chi connectivity index (χ3n) is 8.12. The van der Waals surface area contributed by atoms with Crippen LogP contribution in [0.15, 0.2) is 146 Å². The Morgan fingerprint density at radius 2 is 1.10 bits per heavy atom. The van der Waals surface area contributed by atoms with Gasteiger partial charge in [0.1, 0.15) is 0 Å². The second-order valence-electron chi connectivity index (χ2n) is 11.6. The van der Waals surface area contributed by atoms with Gasteiger partial charge in [0.25, 0.3) is 0 Å². The molecule has 3 nitrogen and oxygen atoms in total. The summed E-state index contributed by atoms with van der Waals surface area (Å²) in [6.07, 6.45) is -2.77. The van der Waals surface area contributed by atoms with Crippen molar-refractivity contribution >= 4 is 28.4 Å². The van der Waals surface area contributed by atoms with E-state index in [1.165, 1.54) is 17.2 Å². The van der Waals surface area contributed by atoms with E-state index in [1.54, 1.807) is 23.6 Å². The van der Waals surface area contributed by atoms with Crippen LogP contribution >= 0.6 is 11.3 Å². The lowest BCUT2D eigenvalue weighted by atomic mass is 10.0. The number of hydrogen-bond acceptors (Lipinski definition) is 4. The van der Waals surface area contributed by atoms with E-state index in [1.807, 2.05) is 36.4 Å². The van der Waals surface area contributed by atoms with Gasteiger partial charge in [0, 0.05) is 38.6 Å². The summed E-state index contributed by atoms with van der Waals surface area (Å²) < 4.78 is 40.7. The molecular formula is C41H30F3N3S. The fourth-order valence-electron chi connectivity index (χ4n) is 5.58. The topological polar surface area (TPSA) is 29.0 Å². The summed E-state index contributed by atoms with van der Waals surface area (Å²) in [5.74, 6) is 0. The van der Waals surface area contributed by atoms with Crippen molar-refractivity contribution in [2.24, 2.45) is 0 Å². The molecular weight excluding hydrogens is 624 g/mol. The SMILES string of the molecule is Cc1ccc(N(c2ccc(C)cc2)c2ccc(-c3ccc(-c4cc(-c5cccc(C(F)(F)F)c5)nc(-c5ccccn5)c4)s3)cc2)cc1. The first kappa shape index (κ1) is 31.1. The summed E-state index contributed by atoms with van der Waals surface area (Å²) in [5, 5.41) is 0. The Kier molecular flexibility index (Phi) is 8.38. The Morgan fingerprint density at radius 1 is 0.521 bits per heavy atom. The number of thiophene rings is 1. The van der Waals surface area contributed by atoms with Crippen molar-refractivity contribution in [3.05, 3.63) is 162 Å². The van der Waals surface area contributed by atoms with Gasteiger partial charge in [-0.15, -0.1) is 11.3 Å². The van der Waals surface area contributed by atoms with Crippen LogP contribution in [0.4, 0.5) is 30.2 Å². The largest absolute Gasteiger partial charge is 0.416 e. The van der Waals surface area contributed by atoms with Crippen LogP contribution in [0.1, 0.15) is 16.7 Å². The van der Waals surface area contributed by atoms with Crippen molar-refractivity contribution in [3.63, 3.8) is 0 Å². The van der Waals surface area contributed by atoms with E-state index in [4.69, 9.17) is 4.98 Å². The molecule has 0 aliphatic heterocycles. The monoisotopic (exact) mass is 653 g/mol. The van der Waals surface area contributed by atoms with E-state index in [0.717, 1.165) is 50.1 Å². The number of anilines is 3. The highest BCUT2D eigenvalue weighted by Crippen LogP contribution is 2.40. The van der Waals surface area contributed by atoms with Crippen LogP contribution < -0.4 is 4.90 Å². The molecule has 0 unspecified atom stereocenters. The molecule has 0 N–H and O–H groups in total. The molecule has 0 atom stereocenters. The van der Waals surface area contributed by atoms with E-state index in [-0.39, 0.29) is 0 Å². The van der Waals surface area contributed by atoms with Crippen molar-refractivity contribution in [2.75, 3.05) is 4.90 Å². The molecule has 7 rings (SSSR count). The van der Waals surface area contributed by atoms with Crippen LogP contribution in [0.25, 0.3) is 43.5 Å². The molecule has 0 saturated heterocycles. The number of benzene rings is 4. The molecule has 0 spiro atoms. The van der Waals surface area contributed by atoms with Gasteiger partial charge in [0.15, 0.2) is 0 Å². The maximum absolute atomic E-state index is 13.6. The fraction of sp³-hybridized carbons (Fsp3) is 0.0732. The Morgan fingerprint density at radius 3 is 1.69 bits per heavy atom. The molecule has 0 saturated carbocycles. The van der Waals surface area contributed by atoms with Crippen LogP contribution in [0, 0.1) is 13.8 Å². The average Bonchev–Trinajstić information content (AvgIpc) is 3.61. The van der Waals surface area contributed by atoms with Gasteiger partial charge in [-0.05, 0) is 110 Å². The molecule has 0 fully saturated rings. The molecule has 236 valence electrons. The second-order valence-corrected chi connectivity index (χ2v) is 12.7. The Balaban J connectivity index is 1.24. The first-order chi connectivity index (χ1) is 23.2. The molecule has 3 aromatic heterocycles. The number of halogens is 3. The number of aromatic nitrogens is 2. The van der Waals surface area contributed by atoms with Gasteiger partial charge in [-0.2, -0.15) is 13.2 Å². The molecule has 0 aliphatic rings. The predicted molar refractivity (Wildman–Crippen MR) is 191 cm³/mol. The minimum Gasteiger partial charge on any atom is -0.311 e. The van der Waals surface area contributed by atoms with Gasteiger partial charge >= 0.3 is 6.18 Å². The number of rotatable bonds is 7. The number of hydrogen-bond donors (Lipinski definition) is 0. The Hall–Kier alpha value is -5.53. The van der Waals surface area contributed by atoms with E-state index >= 15 is 0 Å². The van der Waals surface area contributed by atoms with Crippen LogP contribution in [0.3, 0.4) is 0 Å². The lowest BCUT2D eigenvalue weighted by molar-refractivity contribution is -0.137. The lowest BCUT2D eigenvalue weighted by Crippen LogP contribution is -2.09. The molecule has 3 heterocycles. The van der Waals surface area contributed by atoms with Crippen molar-refractivity contribution in [3.8, 4) is 43.5 Å². The van der Waals surface area contributed by atoms with Crippen molar-refractivity contribution in [1.82, 2.24) is 9.97 Å². The summed E-state index contributed by atoms with van der Waals surface area (Å²) >= 11 is 1.62. The number of pyridine rings is 2. The highest BCUT2D eigenvalue weighted by molar-refractivity contribution is 7.18. The van der Waals surface area contributed by atoms with Crippen molar-refractivity contribution in [2.45, 2.75) is 20.0 Å². The van der Waals surface area contributed by atoms with Gasteiger partial charge in [0.2, 0.25) is 0 Å². The zero-order chi connectivity index (χ0) is 33.3. The number of alkyl halides is 3. The predicted octanol–water partition coefficient (Wildman–Crippen LogP) is 12.3. The van der Waals surface area contributed by atoms with Gasteiger partial charge in [-0.25, -0.2) is 4.98 Å². The van der Waals surface area contributed by atoms with Gasteiger partial charge < -0.3 is 4.90 Å². The molecule has 7 aromatic rings. The first-order valence-corrected chi connectivity index (χ1v) is 16.3. The standard InChI is InChI=1S/C41H30F3N3S/c1-27-9-15-33(16-10-27)47(34-17-11-28(2)12-18-34)35-19-13-29(14-20-35)39-21-22-40(48-39)31-25-37(30-6-5-7-32(24-30)41(42,43)44)46-38(26-31)36-8-3-4-23-45-36/h3-26H,1-2H3. The van der Waals surface area contributed by atoms with E-state index < -0.39 is 11.7 Å². The molecule has 0 bridgehead atoms. The zero-order valence-corrected chi connectivity index (χ0v) is 27.1. The lowest BCUT2D eigenvalue weighted by Gasteiger charge is -2.26. The molecule has 0 radical (unpaired) electrons. The smallest absolute Gasteiger partial charge is 0.311 e. The quantitative estimate of drug-likeness (QED) is 0.171. The Bertz CT molecular complexity index is 2130. The van der Waals surface area contributed by atoms with Crippen LogP contribution in [-0.2, 0) is 6.18 Å². The zero-order valence-electron chi connectivity index (χ0n) is 26.2. The number of aryl methyl sites for hydroxylation is 2. The van der Waals surface area contributed by atoms with Gasteiger partial charge in [0.05, 0.1) is 22.6 Å². The van der Waals surface area contributed by atoms with Crippen LogP contribution in [0.5, 0.6) is 0 Å². The summed E-state index contributed by atoms with van der Waals surface area (Å²) in [6, 6.07) is 44.3. The summed E-state index contributed by atoms with van der Waals surface area (Å²) in [5.41, 5.74) is 8.90. The second kappa shape index (κ2) is 12.9. The normalized spacial score (nSPS) is 11.4. The van der Waals surface area contributed by atoms with E-state index in [2.05, 4.69) is 103 Å².